The standard InChI is InChI=1S/C13H8Cl2N2O2S/c1-6-11(12(18)19)17-10(5-20-13(17)16-6)7-2-3-8(14)9(15)4-7/h2-5H,1H3,(H,18,19). The number of aromatic carboxylic acids is 1. The molecule has 3 rings (SSSR count). The first-order valence-corrected chi connectivity index (χ1v) is 7.28. The molecule has 2 heterocycles. The van der Waals surface area contributed by atoms with Crippen molar-refractivity contribution in [1.29, 1.82) is 0 Å². The molecule has 0 radical (unpaired) electrons. The third kappa shape index (κ3) is 1.98. The van der Waals surface area contributed by atoms with Crippen LogP contribution in [0.3, 0.4) is 0 Å². The quantitative estimate of drug-likeness (QED) is 0.760. The molecule has 0 amide bonds. The Kier molecular flexibility index (Phi) is 3.20. The molecule has 2 aromatic heterocycles. The summed E-state index contributed by atoms with van der Waals surface area (Å²) in [4.78, 5) is 16.3. The summed E-state index contributed by atoms with van der Waals surface area (Å²) in [6.07, 6.45) is 0. The lowest BCUT2D eigenvalue weighted by Crippen LogP contribution is -2.04. The fourth-order valence-corrected chi connectivity index (χ4v) is 3.31. The van der Waals surface area contributed by atoms with Crippen LogP contribution in [0.2, 0.25) is 10.0 Å². The lowest BCUT2D eigenvalue weighted by atomic mass is 10.2. The number of benzene rings is 1. The number of thiazole rings is 1. The molecule has 3 aromatic rings. The molecule has 0 saturated carbocycles. The molecule has 0 aliphatic carbocycles. The number of nitrogens with zero attached hydrogens (tertiary/aromatic N) is 2. The number of hydrogen-bond donors (Lipinski definition) is 1. The maximum absolute atomic E-state index is 11.4. The van der Waals surface area contributed by atoms with Crippen LogP contribution in [0.25, 0.3) is 16.2 Å². The Morgan fingerprint density at radius 3 is 2.75 bits per heavy atom. The number of halogens is 2. The number of hydrogen-bond acceptors (Lipinski definition) is 3. The fraction of sp³-hybridized carbons (Fsp3) is 0.0769. The van der Waals surface area contributed by atoms with Crippen LogP contribution in [-0.2, 0) is 0 Å². The van der Waals surface area contributed by atoms with Crippen LogP contribution >= 0.6 is 34.5 Å². The minimum Gasteiger partial charge on any atom is -0.477 e. The van der Waals surface area contributed by atoms with Gasteiger partial charge in [0.1, 0.15) is 0 Å². The van der Waals surface area contributed by atoms with E-state index in [1.807, 2.05) is 5.38 Å². The van der Waals surface area contributed by atoms with E-state index in [1.54, 1.807) is 29.5 Å². The normalized spacial score (nSPS) is 11.2. The summed E-state index contributed by atoms with van der Waals surface area (Å²) in [5, 5.41) is 12.1. The van der Waals surface area contributed by atoms with Crippen molar-refractivity contribution in [3.63, 3.8) is 0 Å². The summed E-state index contributed by atoms with van der Waals surface area (Å²) in [7, 11) is 0. The minimum absolute atomic E-state index is 0.169. The van der Waals surface area contributed by atoms with Crippen LogP contribution in [-0.4, -0.2) is 20.5 Å². The molecule has 0 unspecified atom stereocenters. The van der Waals surface area contributed by atoms with Gasteiger partial charge in [0.15, 0.2) is 10.7 Å². The first-order chi connectivity index (χ1) is 9.49. The number of rotatable bonds is 2. The van der Waals surface area contributed by atoms with Crippen molar-refractivity contribution in [2.24, 2.45) is 0 Å². The summed E-state index contributed by atoms with van der Waals surface area (Å²) >= 11 is 13.3. The van der Waals surface area contributed by atoms with E-state index in [0.29, 0.717) is 20.7 Å². The van der Waals surface area contributed by atoms with E-state index in [4.69, 9.17) is 23.2 Å². The number of imidazole rings is 1. The van der Waals surface area contributed by atoms with Crippen LogP contribution in [0.5, 0.6) is 0 Å². The summed E-state index contributed by atoms with van der Waals surface area (Å²) in [5.41, 5.74) is 2.19. The summed E-state index contributed by atoms with van der Waals surface area (Å²) in [6.45, 7) is 1.68. The molecule has 1 aromatic carbocycles. The van der Waals surface area contributed by atoms with Gasteiger partial charge in [0.2, 0.25) is 0 Å². The molecule has 0 atom stereocenters. The zero-order chi connectivity index (χ0) is 14.4. The van der Waals surface area contributed by atoms with Crippen LogP contribution < -0.4 is 0 Å². The number of aromatic nitrogens is 2. The maximum Gasteiger partial charge on any atom is 0.354 e. The molecule has 0 spiro atoms. The molecular weight excluding hydrogens is 319 g/mol. The van der Waals surface area contributed by atoms with Gasteiger partial charge in [-0.25, -0.2) is 9.78 Å². The summed E-state index contributed by atoms with van der Waals surface area (Å²) < 4.78 is 1.63. The highest BCUT2D eigenvalue weighted by atomic mass is 35.5. The first-order valence-electron chi connectivity index (χ1n) is 5.64. The Bertz CT molecular complexity index is 838. The van der Waals surface area contributed by atoms with Crippen molar-refractivity contribution >= 4 is 45.5 Å². The molecule has 0 saturated heterocycles. The molecule has 0 aliphatic rings. The van der Waals surface area contributed by atoms with E-state index in [9.17, 15) is 9.90 Å². The average Bonchev–Trinajstić information content (AvgIpc) is 2.90. The molecule has 1 N–H and O–H groups in total. The van der Waals surface area contributed by atoms with Crippen molar-refractivity contribution in [2.75, 3.05) is 0 Å². The first kappa shape index (κ1) is 13.4. The smallest absolute Gasteiger partial charge is 0.354 e. The number of fused-ring (bicyclic) bond motifs is 1. The van der Waals surface area contributed by atoms with Crippen LogP contribution in [0.15, 0.2) is 23.6 Å². The lowest BCUT2D eigenvalue weighted by Gasteiger charge is -2.04. The molecule has 0 aliphatic heterocycles. The van der Waals surface area contributed by atoms with Gasteiger partial charge < -0.3 is 5.11 Å². The molecule has 20 heavy (non-hydrogen) atoms. The van der Waals surface area contributed by atoms with Gasteiger partial charge in [0, 0.05) is 10.9 Å². The second-order valence-electron chi connectivity index (χ2n) is 4.22. The fourth-order valence-electron chi connectivity index (χ4n) is 2.07. The minimum atomic E-state index is -1.00. The number of aryl methyl sites for hydroxylation is 1. The summed E-state index contributed by atoms with van der Waals surface area (Å²) in [5.74, 6) is -1.00. The van der Waals surface area contributed by atoms with E-state index < -0.39 is 5.97 Å². The second-order valence-corrected chi connectivity index (χ2v) is 5.87. The van der Waals surface area contributed by atoms with E-state index >= 15 is 0 Å². The zero-order valence-corrected chi connectivity index (χ0v) is 12.6. The van der Waals surface area contributed by atoms with Crippen molar-refractivity contribution in [3.05, 3.63) is 45.0 Å². The predicted molar refractivity (Wildman–Crippen MR) is 80.2 cm³/mol. The third-order valence-electron chi connectivity index (χ3n) is 2.96. The van der Waals surface area contributed by atoms with Crippen molar-refractivity contribution in [3.8, 4) is 11.3 Å². The van der Waals surface area contributed by atoms with Gasteiger partial charge in [0.25, 0.3) is 0 Å². The maximum atomic E-state index is 11.4. The van der Waals surface area contributed by atoms with Gasteiger partial charge in [-0.05, 0) is 19.1 Å². The van der Waals surface area contributed by atoms with Crippen LogP contribution in [0, 0.1) is 6.92 Å². The Balaban J connectivity index is 2.31. The van der Waals surface area contributed by atoms with Gasteiger partial charge in [-0.15, -0.1) is 11.3 Å². The number of carboxylic acids is 1. The Morgan fingerprint density at radius 2 is 2.10 bits per heavy atom. The molecule has 7 heteroatoms. The molecule has 0 fully saturated rings. The molecular formula is C13H8Cl2N2O2S. The average molecular weight is 327 g/mol. The van der Waals surface area contributed by atoms with Crippen LogP contribution in [0.1, 0.15) is 16.2 Å². The van der Waals surface area contributed by atoms with Gasteiger partial charge >= 0.3 is 5.97 Å². The van der Waals surface area contributed by atoms with E-state index in [-0.39, 0.29) is 5.69 Å². The highest BCUT2D eigenvalue weighted by Gasteiger charge is 2.20. The lowest BCUT2D eigenvalue weighted by molar-refractivity contribution is 0.0688. The van der Waals surface area contributed by atoms with Crippen molar-refractivity contribution in [1.82, 2.24) is 9.38 Å². The summed E-state index contributed by atoms with van der Waals surface area (Å²) in [6, 6.07) is 5.20. The SMILES string of the molecule is Cc1nc2scc(-c3ccc(Cl)c(Cl)c3)n2c1C(=O)O. The van der Waals surface area contributed by atoms with Gasteiger partial charge in [0.05, 0.1) is 21.4 Å². The van der Waals surface area contributed by atoms with Crippen molar-refractivity contribution < 1.29 is 9.90 Å². The van der Waals surface area contributed by atoms with Gasteiger partial charge in [-0.2, -0.15) is 0 Å². The van der Waals surface area contributed by atoms with E-state index in [0.717, 1.165) is 11.3 Å². The topological polar surface area (TPSA) is 54.6 Å². The number of carboxylic acid groups (broad SMARTS) is 1. The van der Waals surface area contributed by atoms with Crippen LogP contribution in [0.4, 0.5) is 0 Å². The second kappa shape index (κ2) is 4.77. The monoisotopic (exact) mass is 326 g/mol. The zero-order valence-electron chi connectivity index (χ0n) is 10.2. The Morgan fingerprint density at radius 1 is 1.35 bits per heavy atom. The number of carbonyl (C=O) groups is 1. The predicted octanol–water partition coefficient (Wildman–Crippen LogP) is 4.38. The van der Waals surface area contributed by atoms with Crippen molar-refractivity contribution in [2.45, 2.75) is 6.92 Å². The highest BCUT2D eigenvalue weighted by molar-refractivity contribution is 7.15. The van der Waals surface area contributed by atoms with E-state index in [2.05, 4.69) is 4.98 Å². The Labute approximate surface area is 128 Å². The Hall–Kier alpha value is -1.56. The molecule has 102 valence electrons. The van der Waals surface area contributed by atoms with E-state index in [1.165, 1.54) is 11.3 Å². The largest absolute Gasteiger partial charge is 0.477 e. The highest BCUT2D eigenvalue weighted by Crippen LogP contribution is 2.32. The van der Waals surface area contributed by atoms with Gasteiger partial charge in [-0.1, -0.05) is 29.3 Å². The molecule has 4 nitrogen and oxygen atoms in total. The van der Waals surface area contributed by atoms with Gasteiger partial charge in [-0.3, -0.25) is 4.40 Å². The molecule has 0 bridgehead atoms. The third-order valence-corrected chi connectivity index (χ3v) is 4.52.